The number of carboxylic acids is 1. The summed E-state index contributed by atoms with van der Waals surface area (Å²) in [5.41, 5.74) is 2.16. The van der Waals surface area contributed by atoms with Gasteiger partial charge in [-0.1, -0.05) is 29.8 Å². The lowest BCUT2D eigenvalue weighted by Crippen LogP contribution is -2.04. The van der Waals surface area contributed by atoms with Crippen LogP contribution in [0.4, 0.5) is 5.69 Å². The molecule has 104 valence electrons. The molecule has 0 unspecified atom stereocenters. The standard InChI is InChI=1S/C15H14ClNO3/c1-9-12(16)6-3-7-13(9)17-8-10-4-2-5-11(14(10)18)15(19)20/h2-7,17-18H,8H2,1H3,(H,19,20). The average molecular weight is 292 g/mol. The number of para-hydroxylation sites is 1. The molecule has 0 spiro atoms. The molecule has 2 rings (SSSR count). The predicted molar refractivity (Wildman–Crippen MR) is 78.6 cm³/mol. The Hall–Kier alpha value is -2.20. The van der Waals surface area contributed by atoms with Gasteiger partial charge in [-0.05, 0) is 30.7 Å². The molecule has 0 aromatic heterocycles. The number of aromatic hydroxyl groups is 1. The van der Waals surface area contributed by atoms with E-state index in [2.05, 4.69) is 5.32 Å². The average Bonchev–Trinajstić information content (AvgIpc) is 2.41. The van der Waals surface area contributed by atoms with Crippen LogP contribution in [0.25, 0.3) is 0 Å². The lowest BCUT2D eigenvalue weighted by Gasteiger charge is -2.12. The van der Waals surface area contributed by atoms with E-state index in [1.54, 1.807) is 18.2 Å². The first-order valence-electron chi connectivity index (χ1n) is 6.04. The summed E-state index contributed by atoms with van der Waals surface area (Å²) >= 11 is 6.03. The zero-order valence-electron chi connectivity index (χ0n) is 10.9. The highest BCUT2D eigenvalue weighted by Gasteiger charge is 2.12. The Labute approximate surface area is 121 Å². The molecule has 4 nitrogen and oxygen atoms in total. The van der Waals surface area contributed by atoms with E-state index >= 15 is 0 Å². The molecular formula is C15H14ClNO3. The monoisotopic (exact) mass is 291 g/mol. The van der Waals surface area contributed by atoms with Crippen LogP contribution in [0.15, 0.2) is 36.4 Å². The highest BCUT2D eigenvalue weighted by atomic mass is 35.5. The zero-order chi connectivity index (χ0) is 14.7. The van der Waals surface area contributed by atoms with Crippen molar-refractivity contribution in [1.29, 1.82) is 0 Å². The first-order chi connectivity index (χ1) is 9.50. The number of halogens is 1. The van der Waals surface area contributed by atoms with Gasteiger partial charge in [0, 0.05) is 22.8 Å². The van der Waals surface area contributed by atoms with E-state index in [-0.39, 0.29) is 11.3 Å². The second kappa shape index (κ2) is 5.84. The zero-order valence-corrected chi connectivity index (χ0v) is 11.6. The minimum atomic E-state index is -1.15. The molecule has 2 aromatic carbocycles. The Balaban J connectivity index is 2.21. The third-order valence-corrected chi connectivity index (χ3v) is 3.50. The number of carboxylic acid groups (broad SMARTS) is 1. The molecule has 0 aliphatic rings. The fourth-order valence-corrected chi connectivity index (χ4v) is 2.07. The molecule has 0 atom stereocenters. The van der Waals surface area contributed by atoms with Crippen LogP contribution in [0.2, 0.25) is 5.02 Å². The third kappa shape index (κ3) is 2.86. The first-order valence-corrected chi connectivity index (χ1v) is 6.41. The molecule has 0 aliphatic heterocycles. The van der Waals surface area contributed by atoms with Crippen molar-refractivity contribution in [2.45, 2.75) is 13.5 Å². The summed E-state index contributed by atoms with van der Waals surface area (Å²) in [4.78, 5) is 10.9. The number of nitrogens with one attached hydrogen (secondary N) is 1. The smallest absolute Gasteiger partial charge is 0.339 e. The number of hydrogen-bond acceptors (Lipinski definition) is 3. The van der Waals surface area contributed by atoms with Crippen LogP contribution in [-0.4, -0.2) is 16.2 Å². The summed E-state index contributed by atoms with van der Waals surface area (Å²) in [5, 5.41) is 22.7. The van der Waals surface area contributed by atoms with Crippen LogP contribution < -0.4 is 5.32 Å². The fourth-order valence-electron chi connectivity index (χ4n) is 1.90. The van der Waals surface area contributed by atoms with Crippen molar-refractivity contribution in [2.75, 3.05) is 5.32 Å². The van der Waals surface area contributed by atoms with Crippen molar-refractivity contribution in [3.8, 4) is 5.75 Å². The van der Waals surface area contributed by atoms with Crippen molar-refractivity contribution in [1.82, 2.24) is 0 Å². The Morgan fingerprint density at radius 1 is 1.25 bits per heavy atom. The van der Waals surface area contributed by atoms with Gasteiger partial charge in [0.2, 0.25) is 0 Å². The van der Waals surface area contributed by atoms with Gasteiger partial charge >= 0.3 is 5.97 Å². The molecule has 0 saturated carbocycles. The van der Waals surface area contributed by atoms with Gasteiger partial charge in [0.1, 0.15) is 11.3 Å². The van der Waals surface area contributed by atoms with Crippen molar-refractivity contribution in [3.05, 3.63) is 58.1 Å². The predicted octanol–water partition coefficient (Wildman–Crippen LogP) is 3.66. The minimum Gasteiger partial charge on any atom is -0.507 e. The van der Waals surface area contributed by atoms with Crippen LogP contribution in [-0.2, 0) is 6.54 Å². The van der Waals surface area contributed by atoms with E-state index in [0.717, 1.165) is 11.3 Å². The quantitative estimate of drug-likeness (QED) is 0.804. The maximum absolute atomic E-state index is 10.9. The molecule has 0 saturated heterocycles. The van der Waals surface area contributed by atoms with Gasteiger partial charge < -0.3 is 15.5 Å². The molecule has 0 bridgehead atoms. The second-order valence-corrected chi connectivity index (χ2v) is 4.79. The maximum Gasteiger partial charge on any atom is 0.339 e. The lowest BCUT2D eigenvalue weighted by atomic mass is 10.1. The van der Waals surface area contributed by atoms with Crippen molar-refractivity contribution < 1.29 is 15.0 Å². The number of phenols is 1. The van der Waals surface area contributed by atoms with Gasteiger partial charge in [0.05, 0.1) is 0 Å². The Bertz CT molecular complexity index is 656. The fraction of sp³-hybridized carbons (Fsp3) is 0.133. The number of aromatic carboxylic acids is 1. The lowest BCUT2D eigenvalue weighted by molar-refractivity contribution is 0.0693. The summed E-state index contributed by atoms with van der Waals surface area (Å²) in [6.45, 7) is 2.20. The number of carbonyl (C=O) groups is 1. The van der Waals surface area contributed by atoms with Gasteiger partial charge in [-0.15, -0.1) is 0 Å². The van der Waals surface area contributed by atoms with Crippen molar-refractivity contribution in [2.24, 2.45) is 0 Å². The summed E-state index contributed by atoms with van der Waals surface area (Å²) in [6.07, 6.45) is 0. The van der Waals surface area contributed by atoms with E-state index < -0.39 is 5.97 Å². The Kier molecular flexibility index (Phi) is 4.15. The van der Waals surface area contributed by atoms with Crippen LogP contribution >= 0.6 is 11.6 Å². The van der Waals surface area contributed by atoms with Crippen LogP contribution in [0.1, 0.15) is 21.5 Å². The van der Waals surface area contributed by atoms with E-state index in [9.17, 15) is 9.90 Å². The number of benzene rings is 2. The van der Waals surface area contributed by atoms with Gasteiger partial charge in [-0.25, -0.2) is 4.79 Å². The molecule has 0 aliphatic carbocycles. The molecule has 2 aromatic rings. The molecule has 20 heavy (non-hydrogen) atoms. The van der Waals surface area contributed by atoms with E-state index in [1.165, 1.54) is 6.07 Å². The second-order valence-electron chi connectivity index (χ2n) is 4.38. The SMILES string of the molecule is Cc1c(Cl)cccc1NCc1cccc(C(=O)O)c1O. The van der Waals surface area contributed by atoms with Gasteiger partial charge in [0.15, 0.2) is 0 Å². The van der Waals surface area contributed by atoms with Gasteiger partial charge in [-0.2, -0.15) is 0 Å². The molecule has 0 amide bonds. The van der Waals surface area contributed by atoms with E-state index in [4.69, 9.17) is 16.7 Å². The van der Waals surface area contributed by atoms with Gasteiger partial charge in [-0.3, -0.25) is 0 Å². The molecule has 0 heterocycles. The molecule has 0 fully saturated rings. The Morgan fingerprint density at radius 3 is 2.65 bits per heavy atom. The normalized spacial score (nSPS) is 10.3. The molecule has 0 radical (unpaired) electrons. The first kappa shape index (κ1) is 14.2. The van der Waals surface area contributed by atoms with Crippen LogP contribution in [0.5, 0.6) is 5.75 Å². The Morgan fingerprint density at radius 2 is 1.95 bits per heavy atom. The minimum absolute atomic E-state index is 0.105. The van der Waals surface area contributed by atoms with Crippen LogP contribution in [0, 0.1) is 6.92 Å². The maximum atomic E-state index is 10.9. The molecular weight excluding hydrogens is 278 g/mol. The molecule has 5 heteroatoms. The molecule has 3 N–H and O–H groups in total. The summed E-state index contributed by atoms with van der Waals surface area (Å²) in [7, 11) is 0. The van der Waals surface area contributed by atoms with E-state index in [1.807, 2.05) is 19.1 Å². The largest absolute Gasteiger partial charge is 0.507 e. The third-order valence-electron chi connectivity index (χ3n) is 3.09. The summed E-state index contributed by atoms with van der Waals surface area (Å²) in [6, 6.07) is 10.1. The number of hydrogen-bond donors (Lipinski definition) is 3. The highest BCUT2D eigenvalue weighted by Crippen LogP contribution is 2.26. The summed E-state index contributed by atoms with van der Waals surface area (Å²) < 4.78 is 0. The van der Waals surface area contributed by atoms with E-state index in [0.29, 0.717) is 17.1 Å². The number of anilines is 1. The van der Waals surface area contributed by atoms with Crippen LogP contribution in [0.3, 0.4) is 0 Å². The number of rotatable bonds is 4. The summed E-state index contributed by atoms with van der Waals surface area (Å²) in [5.74, 6) is -1.37. The van der Waals surface area contributed by atoms with Crippen molar-refractivity contribution in [3.63, 3.8) is 0 Å². The van der Waals surface area contributed by atoms with Gasteiger partial charge in [0.25, 0.3) is 0 Å². The van der Waals surface area contributed by atoms with Crippen molar-refractivity contribution >= 4 is 23.3 Å². The highest BCUT2D eigenvalue weighted by molar-refractivity contribution is 6.31. The topological polar surface area (TPSA) is 69.6 Å².